The number of oxazole rings is 1. The molecule has 1 unspecified atom stereocenters. The summed E-state index contributed by atoms with van der Waals surface area (Å²) in [5.41, 5.74) is -0.644. The number of aliphatic hydroxyl groups is 1. The molecule has 1 aliphatic carbocycles. The molecule has 41 heavy (non-hydrogen) atoms. The minimum Gasteiger partial charge on any atom is -0.480 e. The van der Waals surface area contributed by atoms with Gasteiger partial charge in [-0.25, -0.2) is 19.1 Å². The van der Waals surface area contributed by atoms with E-state index in [0.29, 0.717) is 46.8 Å². The molecule has 10 nitrogen and oxygen atoms in total. The maximum absolute atomic E-state index is 14.2. The minimum atomic E-state index is -1.81. The molecule has 1 atom stereocenters. The molecule has 3 aromatic heterocycles. The van der Waals surface area contributed by atoms with Crippen LogP contribution in [-0.2, 0) is 28.0 Å². The van der Waals surface area contributed by atoms with Crippen LogP contribution in [0.15, 0.2) is 50.7 Å². The summed E-state index contributed by atoms with van der Waals surface area (Å²) in [4.78, 5) is 45.5. The number of hydrogen-bond acceptors (Lipinski definition) is 8. The van der Waals surface area contributed by atoms with Gasteiger partial charge in [0.25, 0.3) is 5.56 Å². The van der Waals surface area contributed by atoms with Gasteiger partial charge in [-0.15, -0.1) is 11.3 Å². The smallest absolute Gasteiger partial charge is 0.333 e. The summed E-state index contributed by atoms with van der Waals surface area (Å²) in [5, 5.41) is 20.3. The number of ether oxygens (including phenoxy) is 1. The van der Waals surface area contributed by atoms with Crippen molar-refractivity contribution in [3.05, 3.63) is 74.3 Å². The summed E-state index contributed by atoms with van der Waals surface area (Å²) in [6.45, 7) is 6.56. The average Bonchev–Trinajstić information content (AvgIpc) is 3.59. The van der Waals surface area contributed by atoms with Gasteiger partial charge in [0.1, 0.15) is 22.7 Å². The number of aromatic nitrogens is 3. The van der Waals surface area contributed by atoms with E-state index >= 15 is 0 Å². The lowest BCUT2D eigenvalue weighted by molar-refractivity contribution is -0.146. The number of aliphatic carboxylic acids is 1. The molecule has 5 rings (SSSR count). The number of carboxylic acids is 1. The molecule has 218 valence electrons. The Balaban J connectivity index is 1.74. The van der Waals surface area contributed by atoms with Gasteiger partial charge in [0.2, 0.25) is 5.89 Å². The lowest BCUT2D eigenvalue weighted by Crippen LogP contribution is -2.52. The molecule has 0 aliphatic heterocycles. The van der Waals surface area contributed by atoms with Crippen molar-refractivity contribution in [3.8, 4) is 10.8 Å². The van der Waals surface area contributed by atoms with Crippen LogP contribution in [0.25, 0.3) is 21.0 Å². The second kappa shape index (κ2) is 11.4. The first-order valence-corrected chi connectivity index (χ1v) is 14.7. The Hall–Kier alpha value is -3.54. The van der Waals surface area contributed by atoms with Crippen LogP contribution in [0.5, 0.6) is 0 Å². The highest BCUT2D eigenvalue weighted by Crippen LogP contribution is 2.37. The molecule has 11 heteroatoms. The molecule has 0 radical (unpaired) electrons. The third-order valence-electron chi connectivity index (χ3n) is 8.05. The first kappa shape index (κ1) is 29.0. The Labute approximate surface area is 240 Å². The predicted molar refractivity (Wildman–Crippen MR) is 155 cm³/mol. The average molecular weight is 582 g/mol. The molecule has 0 saturated heterocycles. The quantitative estimate of drug-likeness (QED) is 0.292. The van der Waals surface area contributed by atoms with Crippen molar-refractivity contribution in [2.24, 2.45) is 0 Å². The van der Waals surface area contributed by atoms with Gasteiger partial charge in [0.05, 0.1) is 35.2 Å². The monoisotopic (exact) mass is 581 g/mol. The van der Waals surface area contributed by atoms with Gasteiger partial charge in [-0.1, -0.05) is 31.2 Å². The molecule has 1 saturated carbocycles. The van der Waals surface area contributed by atoms with Gasteiger partial charge in [-0.05, 0) is 69.6 Å². The van der Waals surface area contributed by atoms with E-state index in [2.05, 4.69) is 11.9 Å². The summed E-state index contributed by atoms with van der Waals surface area (Å²) >= 11 is 1.22. The number of carboxylic acid groups (broad SMARTS) is 1. The van der Waals surface area contributed by atoms with Crippen molar-refractivity contribution in [1.82, 2.24) is 14.1 Å². The summed E-state index contributed by atoms with van der Waals surface area (Å²) in [7, 11) is 0. The van der Waals surface area contributed by atoms with Crippen LogP contribution in [0.4, 0.5) is 0 Å². The third-order valence-corrected chi connectivity index (χ3v) is 9.36. The SMILES string of the molecule is CCc1ccccc1C(Cn1c(=O)n(C(C)(C)C(=O)O)c(=O)c2c(C)c(-c3ncco3)sc21)OC1CCC(O)CC1. The number of benzene rings is 1. The summed E-state index contributed by atoms with van der Waals surface area (Å²) < 4.78 is 14.5. The van der Waals surface area contributed by atoms with E-state index in [0.717, 1.165) is 22.1 Å². The number of thiophene rings is 1. The van der Waals surface area contributed by atoms with Gasteiger partial charge >= 0.3 is 11.7 Å². The highest BCUT2D eigenvalue weighted by Gasteiger charge is 2.36. The van der Waals surface area contributed by atoms with E-state index in [-0.39, 0.29) is 24.1 Å². The molecule has 1 aromatic carbocycles. The van der Waals surface area contributed by atoms with Crippen LogP contribution < -0.4 is 11.2 Å². The Morgan fingerprint density at radius 2 is 1.93 bits per heavy atom. The van der Waals surface area contributed by atoms with Crippen LogP contribution in [0.2, 0.25) is 0 Å². The van der Waals surface area contributed by atoms with Crippen molar-refractivity contribution in [3.63, 3.8) is 0 Å². The van der Waals surface area contributed by atoms with Gasteiger partial charge in [-0.2, -0.15) is 0 Å². The zero-order valence-corrected chi connectivity index (χ0v) is 24.4. The second-order valence-corrected chi connectivity index (χ2v) is 12.1. The Kier molecular flexibility index (Phi) is 8.04. The Bertz CT molecular complexity index is 1670. The molecule has 4 aromatic rings. The van der Waals surface area contributed by atoms with E-state index in [4.69, 9.17) is 9.15 Å². The molecular weight excluding hydrogens is 546 g/mol. The zero-order chi connectivity index (χ0) is 29.5. The van der Waals surface area contributed by atoms with Crippen molar-refractivity contribution >= 4 is 27.5 Å². The second-order valence-electron chi connectivity index (χ2n) is 11.1. The van der Waals surface area contributed by atoms with Gasteiger partial charge in [0.15, 0.2) is 0 Å². The molecule has 2 N–H and O–H groups in total. The highest BCUT2D eigenvalue weighted by atomic mass is 32.1. The number of fused-ring (bicyclic) bond motifs is 1. The van der Waals surface area contributed by atoms with E-state index in [1.807, 2.05) is 24.3 Å². The maximum Gasteiger partial charge on any atom is 0.333 e. The normalized spacial score (nSPS) is 18.6. The number of hydrogen-bond donors (Lipinski definition) is 2. The molecule has 1 aliphatic rings. The fourth-order valence-electron chi connectivity index (χ4n) is 5.60. The summed E-state index contributed by atoms with van der Waals surface area (Å²) in [5.74, 6) is -0.982. The number of carbonyl (C=O) groups is 1. The van der Waals surface area contributed by atoms with E-state index in [1.165, 1.54) is 42.2 Å². The van der Waals surface area contributed by atoms with Crippen molar-refractivity contribution < 1.29 is 24.2 Å². The number of nitrogens with zero attached hydrogens (tertiary/aromatic N) is 3. The fraction of sp³-hybridized carbons (Fsp3) is 0.467. The van der Waals surface area contributed by atoms with E-state index in [9.17, 15) is 24.6 Å². The van der Waals surface area contributed by atoms with Crippen LogP contribution in [-0.4, -0.2) is 42.5 Å². The highest BCUT2D eigenvalue weighted by molar-refractivity contribution is 7.22. The van der Waals surface area contributed by atoms with Crippen molar-refractivity contribution in [2.45, 2.75) is 90.2 Å². The summed E-state index contributed by atoms with van der Waals surface area (Å²) in [6.07, 6.45) is 5.33. The first-order chi connectivity index (χ1) is 19.5. The lowest BCUT2D eigenvalue weighted by Gasteiger charge is -2.31. The fourth-order valence-corrected chi connectivity index (χ4v) is 6.84. The molecule has 0 amide bonds. The zero-order valence-electron chi connectivity index (χ0n) is 23.6. The number of rotatable bonds is 9. The topological polar surface area (TPSA) is 137 Å². The van der Waals surface area contributed by atoms with E-state index in [1.54, 1.807) is 6.92 Å². The van der Waals surface area contributed by atoms with Crippen molar-refractivity contribution in [2.75, 3.05) is 0 Å². The Morgan fingerprint density at radius 3 is 2.56 bits per heavy atom. The van der Waals surface area contributed by atoms with E-state index < -0.39 is 28.9 Å². The van der Waals surface area contributed by atoms with Crippen LogP contribution in [0, 0.1) is 6.92 Å². The maximum atomic E-state index is 14.2. The number of aliphatic hydroxyl groups excluding tert-OH is 1. The Morgan fingerprint density at radius 1 is 1.22 bits per heavy atom. The van der Waals surface area contributed by atoms with Gasteiger partial charge < -0.3 is 19.4 Å². The standard InChI is InChI=1S/C30H35N3O7S/c1-5-18-8-6-7-9-21(18)22(40-20-12-10-19(34)11-13-20)16-32-27-23(17(2)24(41-27)25-31-14-15-39-25)26(35)33(29(32)38)30(3,4)28(36)37/h6-9,14-15,19-20,22,34H,5,10-13,16H2,1-4H3,(H,36,37). The third kappa shape index (κ3) is 5.29. The van der Waals surface area contributed by atoms with Crippen LogP contribution in [0.3, 0.4) is 0 Å². The minimum absolute atomic E-state index is 0.0619. The largest absolute Gasteiger partial charge is 0.480 e. The van der Waals surface area contributed by atoms with Crippen LogP contribution in [0.1, 0.15) is 69.2 Å². The predicted octanol–water partition coefficient (Wildman–Crippen LogP) is 4.63. The van der Waals surface area contributed by atoms with Crippen LogP contribution >= 0.6 is 11.3 Å². The molecule has 1 fully saturated rings. The first-order valence-electron chi connectivity index (χ1n) is 13.9. The number of aryl methyl sites for hydroxylation is 2. The summed E-state index contributed by atoms with van der Waals surface area (Å²) in [6, 6.07) is 7.90. The van der Waals surface area contributed by atoms with Gasteiger partial charge in [-0.3, -0.25) is 9.36 Å². The molecule has 0 spiro atoms. The van der Waals surface area contributed by atoms with Crippen molar-refractivity contribution in [1.29, 1.82) is 0 Å². The molecular formula is C30H35N3O7S. The van der Waals surface area contributed by atoms with Gasteiger partial charge in [0, 0.05) is 0 Å². The molecule has 0 bridgehead atoms. The lowest BCUT2D eigenvalue weighted by atomic mass is 9.94. The molecule has 3 heterocycles.